The number of fused-ring (bicyclic) bond motifs is 1. The molecule has 2 aromatic heterocycles. The van der Waals surface area contributed by atoms with E-state index in [9.17, 15) is 9.90 Å². The summed E-state index contributed by atoms with van der Waals surface area (Å²) in [4.78, 5) is 19.1. The van der Waals surface area contributed by atoms with Crippen molar-refractivity contribution in [3.63, 3.8) is 0 Å². The maximum atomic E-state index is 12.9. The van der Waals surface area contributed by atoms with Crippen LogP contribution in [-0.4, -0.2) is 50.2 Å². The molecule has 1 N–H and O–H groups in total. The Morgan fingerprint density at radius 3 is 2.64 bits per heavy atom. The number of hydrogen-bond donors (Lipinski definition) is 1. The zero-order chi connectivity index (χ0) is 17.2. The highest BCUT2D eigenvalue weighted by molar-refractivity contribution is 6.00. The molecule has 0 radical (unpaired) electrons. The summed E-state index contributed by atoms with van der Waals surface area (Å²) in [6, 6.07) is 11.8. The molecule has 1 aliphatic heterocycles. The van der Waals surface area contributed by atoms with Gasteiger partial charge in [0.05, 0.1) is 11.9 Å². The SMILES string of the molecule is O=C(c1cnn2c(-c3ccccc3)ccnc12)N1CCC(CO)CC1. The quantitative estimate of drug-likeness (QED) is 0.796. The molecule has 3 aromatic rings. The van der Waals surface area contributed by atoms with Gasteiger partial charge in [-0.25, -0.2) is 9.50 Å². The molecule has 25 heavy (non-hydrogen) atoms. The van der Waals surface area contributed by atoms with Crippen LogP contribution in [0.3, 0.4) is 0 Å². The van der Waals surface area contributed by atoms with Crippen molar-refractivity contribution in [1.29, 1.82) is 0 Å². The molecular weight excluding hydrogens is 316 g/mol. The summed E-state index contributed by atoms with van der Waals surface area (Å²) in [5.41, 5.74) is 3.04. The Hall–Kier alpha value is -2.73. The highest BCUT2D eigenvalue weighted by Gasteiger charge is 2.26. The van der Waals surface area contributed by atoms with E-state index in [2.05, 4.69) is 10.1 Å². The molecule has 128 valence electrons. The lowest BCUT2D eigenvalue weighted by molar-refractivity contribution is 0.0652. The van der Waals surface area contributed by atoms with Crippen LogP contribution < -0.4 is 0 Å². The van der Waals surface area contributed by atoms with Gasteiger partial charge in [-0.3, -0.25) is 4.79 Å². The maximum Gasteiger partial charge on any atom is 0.259 e. The molecule has 1 amide bonds. The summed E-state index contributed by atoms with van der Waals surface area (Å²) in [5, 5.41) is 13.7. The molecule has 0 saturated carbocycles. The van der Waals surface area contributed by atoms with Gasteiger partial charge in [0, 0.05) is 31.5 Å². The second-order valence-electron chi connectivity index (χ2n) is 6.41. The van der Waals surface area contributed by atoms with Crippen molar-refractivity contribution in [3.8, 4) is 11.3 Å². The Morgan fingerprint density at radius 2 is 1.92 bits per heavy atom. The Morgan fingerprint density at radius 1 is 1.16 bits per heavy atom. The van der Waals surface area contributed by atoms with Gasteiger partial charge in [-0.1, -0.05) is 30.3 Å². The monoisotopic (exact) mass is 336 g/mol. The van der Waals surface area contributed by atoms with E-state index in [1.807, 2.05) is 41.3 Å². The van der Waals surface area contributed by atoms with Crippen molar-refractivity contribution in [1.82, 2.24) is 19.5 Å². The van der Waals surface area contributed by atoms with Crippen LogP contribution in [-0.2, 0) is 0 Å². The van der Waals surface area contributed by atoms with E-state index in [0.29, 0.717) is 30.2 Å². The number of carbonyl (C=O) groups is 1. The number of aromatic nitrogens is 3. The zero-order valence-corrected chi connectivity index (χ0v) is 13.9. The first-order valence-electron chi connectivity index (χ1n) is 8.56. The zero-order valence-electron chi connectivity index (χ0n) is 13.9. The van der Waals surface area contributed by atoms with Gasteiger partial charge in [0.2, 0.25) is 0 Å². The van der Waals surface area contributed by atoms with Gasteiger partial charge in [0.1, 0.15) is 5.56 Å². The molecule has 0 atom stereocenters. The number of aliphatic hydroxyl groups excluding tert-OH is 1. The number of likely N-dealkylation sites (tertiary alicyclic amines) is 1. The molecule has 4 rings (SSSR count). The summed E-state index contributed by atoms with van der Waals surface area (Å²) in [6.45, 7) is 1.53. The van der Waals surface area contributed by atoms with Crippen molar-refractivity contribution in [2.24, 2.45) is 5.92 Å². The maximum absolute atomic E-state index is 12.9. The minimum absolute atomic E-state index is 0.0379. The van der Waals surface area contributed by atoms with Gasteiger partial charge in [0.15, 0.2) is 5.65 Å². The third kappa shape index (κ3) is 2.89. The van der Waals surface area contributed by atoms with Crippen LogP contribution in [0.5, 0.6) is 0 Å². The third-order valence-corrected chi connectivity index (χ3v) is 4.86. The number of hydrogen-bond acceptors (Lipinski definition) is 4. The van der Waals surface area contributed by atoms with E-state index in [-0.39, 0.29) is 12.5 Å². The fourth-order valence-electron chi connectivity index (χ4n) is 3.36. The van der Waals surface area contributed by atoms with Gasteiger partial charge >= 0.3 is 0 Å². The van der Waals surface area contributed by atoms with Crippen molar-refractivity contribution in [3.05, 3.63) is 54.4 Å². The highest BCUT2D eigenvalue weighted by Crippen LogP contribution is 2.23. The number of piperidine rings is 1. The summed E-state index contributed by atoms with van der Waals surface area (Å²) in [6.07, 6.45) is 5.00. The van der Waals surface area contributed by atoms with Crippen LogP contribution in [0.2, 0.25) is 0 Å². The molecular formula is C19H20N4O2. The number of rotatable bonds is 3. The summed E-state index contributed by atoms with van der Waals surface area (Å²) in [5.74, 6) is 0.264. The van der Waals surface area contributed by atoms with Crippen molar-refractivity contribution in [2.75, 3.05) is 19.7 Å². The molecule has 1 aromatic carbocycles. The predicted octanol–water partition coefficient (Wildman–Crippen LogP) is 2.24. The average Bonchev–Trinajstić information content (AvgIpc) is 3.12. The van der Waals surface area contributed by atoms with E-state index in [0.717, 1.165) is 24.1 Å². The number of benzene rings is 1. The van der Waals surface area contributed by atoms with Crippen molar-refractivity contribution >= 4 is 11.6 Å². The van der Waals surface area contributed by atoms with Gasteiger partial charge in [-0.2, -0.15) is 5.10 Å². The van der Waals surface area contributed by atoms with Crippen LogP contribution in [0.4, 0.5) is 0 Å². The summed E-state index contributed by atoms with van der Waals surface area (Å²) < 4.78 is 1.73. The molecule has 1 saturated heterocycles. The van der Waals surface area contributed by atoms with Gasteiger partial charge in [0.25, 0.3) is 5.91 Å². The number of carbonyl (C=O) groups excluding carboxylic acids is 1. The minimum Gasteiger partial charge on any atom is -0.396 e. The standard InChI is InChI=1S/C19H20N4O2/c24-13-14-7-10-22(11-8-14)19(25)16-12-21-23-17(6-9-20-18(16)23)15-4-2-1-3-5-15/h1-6,9,12,14,24H,7-8,10-11,13H2. The molecule has 0 bridgehead atoms. The first kappa shape index (κ1) is 15.8. The summed E-state index contributed by atoms with van der Waals surface area (Å²) >= 11 is 0. The third-order valence-electron chi connectivity index (χ3n) is 4.86. The lowest BCUT2D eigenvalue weighted by Gasteiger charge is -2.30. The van der Waals surface area contributed by atoms with E-state index in [1.165, 1.54) is 0 Å². The largest absolute Gasteiger partial charge is 0.396 e. The second kappa shape index (κ2) is 6.64. The molecule has 6 heteroatoms. The number of nitrogens with zero attached hydrogens (tertiary/aromatic N) is 4. The number of aliphatic hydroxyl groups is 1. The average molecular weight is 336 g/mol. The molecule has 1 fully saturated rings. The van der Waals surface area contributed by atoms with Gasteiger partial charge in [-0.05, 0) is 24.8 Å². The van der Waals surface area contributed by atoms with E-state index in [4.69, 9.17) is 0 Å². The number of amides is 1. The Kier molecular flexibility index (Phi) is 4.19. The normalized spacial score (nSPS) is 15.6. The van der Waals surface area contributed by atoms with Crippen LogP contribution in [0, 0.1) is 5.92 Å². The molecule has 0 spiro atoms. The van der Waals surface area contributed by atoms with Crippen LogP contribution in [0.1, 0.15) is 23.2 Å². The van der Waals surface area contributed by atoms with Crippen LogP contribution in [0.15, 0.2) is 48.8 Å². The first-order valence-corrected chi connectivity index (χ1v) is 8.56. The molecule has 3 heterocycles. The molecule has 6 nitrogen and oxygen atoms in total. The molecule has 0 aliphatic carbocycles. The van der Waals surface area contributed by atoms with Crippen LogP contribution in [0.25, 0.3) is 16.9 Å². The lowest BCUT2D eigenvalue weighted by atomic mass is 9.97. The van der Waals surface area contributed by atoms with E-state index < -0.39 is 0 Å². The second-order valence-corrected chi connectivity index (χ2v) is 6.41. The van der Waals surface area contributed by atoms with Gasteiger partial charge < -0.3 is 10.0 Å². The van der Waals surface area contributed by atoms with Gasteiger partial charge in [-0.15, -0.1) is 0 Å². The predicted molar refractivity (Wildman–Crippen MR) is 94.1 cm³/mol. The first-order chi connectivity index (χ1) is 12.3. The summed E-state index contributed by atoms with van der Waals surface area (Å²) in [7, 11) is 0. The van der Waals surface area contributed by atoms with E-state index >= 15 is 0 Å². The van der Waals surface area contributed by atoms with Crippen molar-refractivity contribution in [2.45, 2.75) is 12.8 Å². The smallest absolute Gasteiger partial charge is 0.259 e. The topological polar surface area (TPSA) is 70.7 Å². The fraction of sp³-hybridized carbons (Fsp3) is 0.316. The molecule has 1 aliphatic rings. The lowest BCUT2D eigenvalue weighted by Crippen LogP contribution is -2.39. The highest BCUT2D eigenvalue weighted by atomic mass is 16.3. The Balaban J connectivity index is 1.67. The fourth-order valence-corrected chi connectivity index (χ4v) is 3.36. The van der Waals surface area contributed by atoms with E-state index in [1.54, 1.807) is 16.9 Å². The van der Waals surface area contributed by atoms with Crippen LogP contribution >= 0.6 is 0 Å². The minimum atomic E-state index is -0.0379. The molecule has 0 unspecified atom stereocenters. The Labute approximate surface area is 145 Å². The Bertz CT molecular complexity index is 883. The van der Waals surface area contributed by atoms with Crippen molar-refractivity contribution < 1.29 is 9.90 Å².